The quantitative estimate of drug-likeness (QED) is 0.721. The molecule has 5 rings (SSSR count). The molecule has 146 valence electrons. The fourth-order valence-electron chi connectivity index (χ4n) is 3.96. The van der Waals surface area contributed by atoms with E-state index in [1.165, 1.54) is 0 Å². The summed E-state index contributed by atoms with van der Waals surface area (Å²) < 4.78 is 31.6. The smallest absolute Gasteiger partial charge is 0.345 e. The van der Waals surface area contributed by atoms with E-state index in [9.17, 15) is 9.18 Å². The van der Waals surface area contributed by atoms with Gasteiger partial charge in [0.1, 0.15) is 12.2 Å². The Morgan fingerprint density at radius 3 is 2.59 bits per heavy atom. The van der Waals surface area contributed by atoms with Gasteiger partial charge < -0.3 is 14.2 Å². The molecule has 0 aromatic carbocycles. The summed E-state index contributed by atoms with van der Waals surface area (Å²) in [6.45, 7) is 7.28. The third-order valence-corrected chi connectivity index (χ3v) is 5.09. The van der Waals surface area contributed by atoms with Crippen molar-refractivity contribution in [1.82, 2.24) is 14.4 Å². The van der Waals surface area contributed by atoms with E-state index in [4.69, 9.17) is 14.2 Å². The van der Waals surface area contributed by atoms with Gasteiger partial charge in [-0.1, -0.05) is 0 Å². The van der Waals surface area contributed by atoms with Crippen molar-refractivity contribution < 1.29 is 23.4 Å². The van der Waals surface area contributed by atoms with Crippen LogP contribution >= 0.6 is 0 Å². The van der Waals surface area contributed by atoms with E-state index < -0.39 is 18.2 Å². The van der Waals surface area contributed by atoms with E-state index in [0.717, 1.165) is 5.69 Å². The molecule has 27 heavy (non-hydrogen) atoms. The number of fused-ring (bicyclic) bond motifs is 2. The summed E-state index contributed by atoms with van der Waals surface area (Å²) >= 11 is 0. The van der Waals surface area contributed by atoms with Crippen LogP contribution in [0.4, 0.5) is 4.39 Å². The molecule has 8 heteroatoms. The third kappa shape index (κ3) is 2.96. The summed E-state index contributed by atoms with van der Waals surface area (Å²) in [6, 6.07) is 0. The number of hydrogen-bond donors (Lipinski definition) is 0. The van der Waals surface area contributed by atoms with Gasteiger partial charge in [0.15, 0.2) is 0 Å². The average Bonchev–Trinajstić information content (AvgIpc) is 3.23. The minimum atomic E-state index is -0.638. The number of carbonyl (C=O) groups is 1. The number of nitrogens with zero attached hydrogens (tertiary/aromatic N) is 3. The lowest BCUT2D eigenvalue weighted by Crippen LogP contribution is -2.48. The largest absolute Gasteiger partial charge is 0.474 e. The van der Waals surface area contributed by atoms with Crippen LogP contribution in [0.15, 0.2) is 12.4 Å². The summed E-state index contributed by atoms with van der Waals surface area (Å²) in [5.74, 6) is 0.140. The second-order valence-electron chi connectivity index (χ2n) is 8.15. The molecule has 0 N–H and O–H groups in total. The number of rotatable bonds is 6. The Kier molecular flexibility index (Phi) is 4.14. The Balaban J connectivity index is 1.72. The highest BCUT2D eigenvalue weighted by molar-refractivity contribution is 5.92. The molecule has 2 aromatic heterocycles. The molecular weight excluding hydrogens is 353 g/mol. The molecule has 0 amide bonds. The van der Waals surface area contributed by atoms with Crippen molar-refractivity contribution in [3.63, 3.8) is 0 Å². The molecule has 7 nitrogen and oxygen atoms in total. The van der Waals surface area contributed by atoms with Crippen LogP contribution in [0, 0.1) is 0 Å². The molecule has 0 atom stereocenters. The number of alkyl halides is 1. The summed E-state index contributed by atoms with van der Waals surface area (Å²) in [5, 5.41) is 0. The van der Waals surface area contributed by atoms with Crippen molar-refractivity contribution in [1.29, 1.82) is 0 Å². The fraction of sp³-hybridized carbons (Fsp3) is 0.632. The molecule has 3 fully saturated rings. The number of carbonyl (C=O) groups excluding carboxylic acids is 1. The topological polar surface area (TPSA) is 75.0 Å². The SMILES string of the molecule is CC(C)OC(=O)c1cn2cc(C34COC(CF)(C3)C4)nc2nc1OC(C)C. The number of aromatic nitrogens is 3. The molecule has 2 bridgehead atoms. The van der Waals surface area contributed by atoms with Gasteiger partial charge in [0.05, 0.1) is 30.1 Å². The zero-order chi connectivity index (χ0) is 19.4. The Hall–Kier alpha value is -2.22. The van der Waals surface area contributed by atoms with E-state index in [1.807, 2.05) is 20.0 Å². The lowest BCUT2D eigenvalue weighted by atomic mass is 9.61. The highest BCUT2D eigenvalue weighted by Crippen LogP contribution is 2.58. The molecule has 0 spiro atoms. The number of imidazole rings is 1. The first-order chi connectivity index (χ1) is 12.8. The van der Waals surface area contributed by atoms with Crippen molar-refractivity contribution in [3.05, 3.63) is 23.7 Å². The Morgan fingerprint density at radius 1 is 1.26 bits per heavy atom. The van der Waals surface area contributed by atoms with Crippen LogP contribution in [0.1, 0.15) is 56.6 Å². The van der Waals surface area contributed by atoms with Crippen molar-refractivity contribution in [2.24, 2.45) is 0 Å². The molecular formula is C19H24FN3O4. The first-order valence-corrected chi connectivity index (χ1v) is 9.24. The van der Waals surface area contributed by atoms with Gasteiger partial charge in [-0.2, -0.15) is 4.98 Å². The molecule has 2 aliphatic heterocycles. The second kappa shape index (κ2) is 6.15. The van der Waals surface area contributed by atoms with Crippen LogP contribution in [-0.2, 0) is 14.9 Å². The van der Waals surface area contributed by atoms with Gasteiger partial charge in [-0.25, -0.2) is 14.2 Å². The minimum Gasteiger partial charge on any atom is -0.474 e. The van der Waals surface area contributed by atoms with Crippen LogP contribution in [0.2, 0.25) is 0 Å². The van der Waals surface area contributed by atoms with E-state index in [1.54, 1.807) is 24.4 Å². The molecule has 0 radical (unpaired) electrons. The number of hydrogen-bond acceptors (Lipinski definition) is 6. The Morgan fingerprint density at radius 2 is 2.00 bits per heavy atom. The maximum atomic E-state index is 13.2. The average molecular weight is 377 g/mol. The number of esters is 1. The predicted molar refractivity (Wildman–Crippen MR) is 94.9 cm³/mol. The molecule has 1 saturated carbocycles. The molecule has 1 aliphatic carbocycles. The summed E-state index contributed by atoms with van der Waals surface area (Å²) in [6.07, 6.45) is 4.31. The number of ether oxygens (including phenoxy) is 3. The standard InChI is InChI=1S/C19H24FN3O4/c1-11(2)26-15-13(16(24)27-12(3)4)5-23-6-14(21-17(23)22-15)18-7-19(8-18,9-20)25-10-18/h5-6,11-12H,7-10H2,1-4H3. The van der Waals surface area contributed by atoms with Crippen LogP contribution in [0.25, 0.3) is 5.78 Å². The fourth-order valence-corrected chi connectivity index (χ4v) is 3.96. The second-order valence-corrected chi connectivity index (χ2v) is 8.15. The molecule has 4 heterocycles. The van der Waals surface area contributed by atoms with E-state index in [-0.39, 0.29) is 29.1 Å². The van der Waals surface area contributed by atoms with Gasteiger partial charge in [-0.05, 0) is 40.5 Å². The minimum absolute atomic E-state index is 0.154. The lowest BCUT2D eigenvalue weighted by Gasteiger charge is -2.41. The van der Waals surface area contributed by atoms with Crippen LogP contribution < -0.4 is 4.74 Å². The van der Waals surface area contributed by atoms with E-state index in [0.29, 0.717) is 25.2 Å². The van der Waals surface area contributed by atoms with Crippen LogP contribution in [-0.4, -0.2) is 51.4 Å². The van der Waals surface area contributed by atoms with Crippen molar-refractivity contribution in [3.8, 4) is 5.88 Å². The van der Waals surface area contributed by atoms with Crippen LogP contribution in [0.5, 0.6) is 5.88 Å². The highest BCUT2D eigenvalue weighted by atomic mass is 19.1. The van der Waals surface area contributed by atoms with Gasteiger partial charge >= 0.3 is 5.97 Å². The third-order valence-electron chi connectivity index (χ3n) is 5.09. The molecule has 2 saturated heterocycles. The summed E-state index contributed by atoms with van der Waals surface area (Å²) in [4.78, 5) is 21.5. The van der Waals surface area contributed by atoms with E-state index >= 15 is 0 Å². The summed E-state index contributed by atoms with van der Waals surface area (Å²) in [5.41, 5.74) is 0.154. The van der Waals surface area contributed by atoms with Gasteiger partial charge in [0.2, 0.25) is 11.7 Å². The zero-order valence-corrected chi connectivity index (χ0v) is 16.0. The van der Waals surface area contributed by atoms with Gasteiger partial charge in [-0.3, -0.25) is 4.40 Å². The maximum Gasteiger partial charge on any atom is 0.345 e. The van der Waals surface area contributed by atoms with Crippen LogP contribution in [0.3, 0.4) is 0 Å². The van der Waals surface area contributed by atoms with Gasteiger partial charge in [-0.15, -0.1) is 0 Å². The maximum absolute atomic E-state index is 13.2. The summed E-state index contributed by atoms with van der Waals surface area (Å²) in [7, 11) is 0. The molecule has 3 aliphatic rings. The Bertz CT molecular complexity index is 886. The Labute approximate surface area is 156 Å². The van der Waals surface area contributed by atoms with E-state index in [2.05, 4.69) is 9.97 Å². The van der Waals surface area contributed by atoms with Crippen molar-refractivity contribution in [2.45, 2.75) is 63.8 Å². The van der Waals surface area contributed by atoms with Gasteiger partial charge in [0.25, 0.3) is 0 Å². The highest BCUT2D eigenvalue weighted by Gasteiger charge is 2.64. The first kappa shape index (κ1) is 18.2. The van der Waals surface area contributed by atoms with Crippen molar-refractivity contribution in [2.75, 3.05) is 13.3 Å². The molecule has 0 unspecified atom stereocenters. The van der Waals surface area contributed by atoms with Gasteiger partial charge in [0, 0.05) is 17.8 Å². The normalized spacial score (nSPS) is 26.6. The van der Waals surface area contributed by atoms with Crippen molar-refractivity contribution >= 4 is 11.7 Å². The number of halogens is 1. The molecule has 2 aromatic rings. The monoisotopic (exact) mass is 377 g/mol. The zero-order valence-electron chi connectivity index (χ0n) is 16.0. The predicted octanol–water partition coefficient (Wildman–Crippen LogP) is 2.85. The lowest BCUT2D eigenvalue weighted by molar-refractivity contribution is -0.0235. The first-order valence-electron chi connectivity index (χ1n) is 9.24.